The van der Waals surface area contributed by atoms with E-state index in [9.17, 15) is 14.3 Å². The van der Waals surface area contributed by atoms with Crippen molar-refractivity contribution in [2.75, 3.05) is 0 Å². The lowest BCUT2D eigenvalue weighted by molar-refractivity contribution is 0.0688. The predicted octanol–water partition coefficient (Wildman–Crippen LogP) is 5.60. The number of aryl methyl sites for hydroxylation is 2. The van der Waals surface area contributed by atoms with Gasteiger partial charge in [-0.15, -0.1) is 0 Å². The molecule has 0 amide bonds. The highest BCUT2D eigenvalue weighted by Crippen LogP contribution is 2.55. The first kappa shape index (κ1) is 24.3. The monoisotopic (exact) mass is 504 g/mol. The molecule has 3 aromatic heterocycles. The molecule has 1 saturated carbocycles. The first-order valence-corrected chi connectivity index (χ1v) is 12.1. The molecule has 1 aromatic carbocycles. The third kappa shape index (κ3) is 4.45. The van der Waals surface area contributed by atoms with Crippen LogP contribution in [0.1, 0.15) is 60.3 Å². The summed E-state index contributed by atoms with van der Waals surface area (Å²) in [7, 11) is 0. The fourth-order valence-electron chi connectivity index (χ4n) is 4.64. The average Bonchev–Trinajstić information content (AvgIpc) is 3.63. The molecular weight excluding hydrogens is 479 g/mol. The minimum absolute atomic E-state index is 0.0794. The van der Waals surface area contributed by atoms with Crippen LogP contribution in [0.2, 0.25) is 5.02 Å². The van der Waals surface area contributed by atoms with Gasteiger partial charge in [-0.05, 0) is 93.0 Å². The number of aliphatic hydroxyl groups is 1. The van der Waals surface area contributed by atoms with Crippen molar-refractivity contribution in [2.45, 2.75) is 51.6 Å². The van der Waals surface area contributed by atoms with E-state index in [1.165, 1.54) is 6.07 Å². The van der Waals surface area contributed by atoms with Crippen LogP contribution in [0.4, 0.5) is 4.39 Å². The van der Waals surface area contributed by atoms with Crippen LogP contribution >= 0.6 is 11.6 Å². The summed E-state index contributed by atoms with van der Waals surface area (Å²) in [5.74, 6) is 0.237. The van der Waals surface area contributed by atoms with Gasteiger partial charge in [-0.25, -0.2) is 14.4 Å². The molecule has 8 heteroatoms. The second kappa shape index (κ2) is 8.91. The van der Waals surface area contributed by atoms with E-state index in [0.29, 0.717) is 17.1 Å². The predicted molar refractivity (Wildman–Crippen MR) is 137 cm³/mol. The van der Waals surface area contributed by atoms with E-state index in [-0.39, 0.29) is 34.1 Å². The lowest BCUT2D eigenvalue weighted by atomic mass is 10.0. The van der Waals surface area contributed by atoms with E-state index >= 15 is 0 Å². The summed E-state index contributed by atoms with van der Waals surface area (Å²) in [6.07, 6.45) is 4.08. The number of pyridine rings is 2. The van der Waals surface area contributed by atoms with Gasteiger partial charge in [0.05, 0.1) is 17.1 Å². The molecule has 6 nitrogen and oxygen atoms in total. The molecule has 1 N–H and O–H groups in total. The van der Waals surface area contributed by atoms with Gasteiger partial charge in [0.1, 0.15) is 16.4 Å². The highest BCUT2D eigenvalue weighted by molar-refractivity contribution is 6.31. The lowest BCUT2D eigenvalue weighted by Crippen LogP contribution is -2.23. The van der Waals surface area contributed by atoms with Crippen molar-refractivity contribution in [2.24, 2.45) is 0 Å². The number of nitrogens with zero attached hydrogens (tertiary/aromatic N) is 4. The minimum Gasteiger partial charge on any atom is -0.382 e. The molecule has 0 saturated heterocycles. The summed E-state index contributed by atoms with van der Waals surface area (Å²) in [6.45, 7) is 6.98. The molecule has 1 unspecified atom stereocenters. The van der Waals surface area contributed by atoms with Gasteiger partial charge in [-0.3, -0.25) is 14.3 Å². The molecule has 3 heterocycles. The second-order valence-corrected chi connectivity index (χ2v) is 10.3. The molecular formula is C28H26ClFN4O2. The molecule has 2 atom stereocenters. The van der Waals surface area contributed by atoms with Crippen LogP contribution < -0.4 is 5.56 Å². The summed E-state index contributed by atoms with van der Waals surface area (Å²) >= 11 is 6.65. The molecule has 0 bridgehead atoms. The summed E-state index contributed by atoms with van der Waals surface area (Å²) in [5, 5.41) is 10.5. The Kier molecular flexibility index (Phi) is 6.01. The molecule has 0 spiro atoms. The number of aromatic nitrogens is 4. The van der Waals surface area contributed by atoms with E-state index in [2.05, 4.69) is 15.0 Å². The molecule has 36 heavy (non-hydrogen) atoms. The molecule has 1 aliphatic carbocycles. The first-order valence-electron chi connectivity index (χ1n) is 11.8. The highest BCUT2D eigenvalue weighted by Gasteiger charge is 2.41. The van der Waals surface area contributed by atoms with Crippen LogP contribution in [0, 0.1) is 19.7 Å². The minimum atomic E-state index is -1.20. The van der Waals surface area contributed by atoms with Crippen molar-refractivity contribution in [3.05, 3.63) is 104 Å². The Bertz CT molecular complexity index is 1540. The summed E-state index contributed by atoms with van der Waals surface area (Å²) < 4.78 is 15.3. The number of halogens is 2. The van der Waals surface area contributed by atoms with E-state index in [1.54, 1.807) is 55.1 Å². The number of benzene rings is 1. The molecule has 0 radical (unpaired) electrons. The van der Waals surface area contributed by atoms with Gasteiger partial charge in [-0.2, -0.15) is 0 Å². The van der Waals surface area contributed by atoms with Gasteiger partial charge in [0, 0.05) is 18.1 Å². The Morgan fingerprint density at radius 3 is 2.58 bits per heavy atom. The smallest absolute Gasteiger partial charge is 0.274 e. The maximum atomic E-state index is 13.7. The fourth-order valence-corrected chi connectivity index (χ4v) is 4.92. The van der Waals surface area contributed by atoms with Crippen molar-refractivity contribution in [1.29, 1.82) is 0 Å². The zero-order valence-electron chi connectivity index (χ0n) is 20.5. The standard InChI is InChI=1S/C28H26ClFN4O2/c1-15-14-32-23(22-8-9-31-27(33-22)28(3,4)36)13-24(15)34-16(2)10-21(25(29)26(34)35)20-12-19(20)17-6-5-7-18(30)11-17/h5-11,13-14,19-20,36H,12H2,1-4H3/t19?,20-/m1/s1. The van der Waals surface area contributed by atoms with Crippen LogP contribution in [-0.4, -0.2) is 24.6 Å². The maximum Gasteiger partial charge on any atom is 0.274 e. The Morgan fingerprint density at radius 1 is 1.08 bits per heavy atom. The van der Waals surface area contributed by atoms with Crippen LogP contribution in [-0.2, 0) is 5.60 Å². The normalized spacial score (nSPS) is 17.3. The highest BCUT2D eigenvalue weighted by atomic mass is 35.5. The zero-order chi connectivity index (χ0) is 25.8. The lowest BCUT2D eigenvalue weighted by Gasteiger charge is -2.17. The quantitative estimate of drug-likeness (QED) is 0.383. The molecule has 184 valence electrons. The van der Waals surface area contributed by atoms with Gasteiger partial charge >= 0.3 is 0 Å². The summed E-state index contributed by atoms with van der Waals surface area (Å²) in [6, 6.07) is 12.0. The largest absolute Gasteiger partial charge is 0.382 e. The molecule has 1 aliphatic rings. The second-order valence-electron chi connectivity index (χ2n) is 9.88. The van der Waals surface area contributed by atoms with Gasteiger partial charge in [0.15, 0.2) is 5.82 Å². The Balaban J connectivity index is 1.54. The first-order chi connectivity index (χ1) is 17.0. The summed E-state index contributed by atoms with van der Waals surface area (Å²) in [4.78, 5) is 26.6. The zero-order valence-corrected chi connectivity index (χ0v) is 21.2. The van der Waals surface area contributed by atoms with E-state index in [4.69, 9.17) is 11.6 Å². The third-order valence-corrected chi connectivity index (χ3v) is 6.99. The molecule has 1 fully saturated rings. The molecule has 0 aliphatic heterocycles. The third-order valence-electron chi connectivity index (χ3n) is 6.61. The Hall–Kier alpha value is -3.42. The van der Waals surface area contributed by atoms with Crippen LogP contribution in [0.25, 0.3) is 17.1 Å². The number of hydrogen-bond donors (Lipinski definition) is 1. The molecule has 4 aromatic rings. The van der Waals surface area contributed by atoms with E-state index < -0.39 is 5.60 Å². The number of rotatable bonds is 5. The van der Waals surface area contributed by atoms with Crippen molar-refractivity contribution in [3.8, 4) is 17.1 Å². The van der Waals surface area contributed by atoms with Gasteiger partial charge in [0.2, 0.25) is 0 Å². The van der Waals surface area contributed by atoms with Crippen molar-refractivity contribution in [3.63, 3.8) is 0 Å². The maximum absolute atomic E-state index is 13.7. The summed E-state index contributed by atoms with van der Waals surface area (Å²) in [5.41, 5.74) is 3.47. The van der Waals surface area contributed by atoms with Crippen molar-refractivity contribution in [1.82, 2.24) is 19.5 Å². The number of hydrogen-bond acceptors (Lipinski definition) is 5. The average molecular weight is 505 g/mol. The van der Waals surface area contributed by atoms with Crippen molar-refractivity contribution >= 4 is 11.6 Å². The van der Waals surface area contributed by atoms with E-state index in [0.717, 1.165) is 28.8 Å². The topological polar surface area (TPSA) is 80.9 Å². The fraction of sp³-hybridized carbons (Fsp3) is 0.286. The van der Waals surface area contributed by atoms with Crippen molar-refractivity contribution < 1.29 is 9.50 Å². The Morgan fingerprint density at radius 2 is 1.86 bits per heavy atom. The van der Waals surface area contributed by atoms with Crippen LogP contribution in [0.15, 0.2) is 59.7 Å². The van der Waals surface area contributed by atoms with Gasteiger partial charge in [-0.1, -0.05) is 23.7 Å². The van der Waals surface area contributed by atoms with Gasteiger partial charge in [0.25, 0.3) is 5.56 Å². The SMILES string of the molecule is Cc1cnc(-c2ccnc(C(C)(C)O)n2)cc1-n1c(C)cc([C@@H]2CC2c2cccc(F)c2)c(Cl)c1=O. The van der Waals surface area contributed by atoms with Crippen LogP contribution in [0.3, 0.4) is 0 Å². The molecule has 5 rings (SSSR count). The van der Waals surface area contributed by atoms with Gasteiger partial charge < -0.3 is 5.11 Å². The Labute approximate surface area is 213 Å². The van der Waals surface area contributed by atoms with Crippen LogP contribution in [0.5, 0.6) is 0 Å². The van der Waals surface area contributed by atoms with E-state index in [1.807, 2.05) is 26.0 Å².